The molecule has 0 aliphatic carbocycles. The van der Waals surface area contributed by atoms with E-state index < -0.39 is 0 Å². The molecule has 2 unspecified atom stereocenters. The average Bonchev–Trinajstić information content (AvgIpc) is 3.59. The Hall–Kier alpha value is -3.24. The second-order valence-corrected chi connectivity index (χ2v) is 9.72. The number of hydrogen-bond donors (Lipinski definition) is 0. The van der Waals surface area contributed by atoms with E-state index in [2.05, 4.69) is 4.98 Å². The summed E-state index contributed by atoms with van der Waals surface area (Å²) in [7, 11) is 3.20. The third-order valence-corrected chi connectivity index (χ3v) is 7.44. The molecule has 0 saturated carbocycles. The topological polar surface area (TPSA) is 81.2 Å². The molecule has 2 aliphatic rings. The van der Waals surface area contributed by atoms with Crippen LogP contribution in [0.25, 0.3) is 10.2 Å². The van der Waals surface area contributed by atoms with Gasteiger partial charge in [0.15, 0.2) is 22.9 Å². The van der Waals surface area contributed by atoms with Gasteiger partial charge in [-0.3, -0.25) is 14.5 Å². The number of thiazole rings is 1. The van der Waals surface area contributed by atoms with Crippen molar-refractivity contribution in [3.05, 3.63) is 47.8 Å². The second kappa shape index (κ2) is 9.79. The summed E-state index contributed by atoms with van der Waals surface area (Å²) in [5.41, 5.74) is 1.58. The number of fused-ring (bicyclic) bond motifs is 1. The second-order valence-electron chi connectivity index (χ2n) is 8.71. The zero-order chi connectivity index (χ0) is 24.5. The number of halogens is 1. The van der Waals surface area contributed by atoms with Gasteiger partial charge in [-0.25, -0.2) is 9.37 Å². The smallest absolute Gasteiger partial charge is 0.248 e. The standard InChI is InChI=1S/C25H26FN3O5S/c1-28(25-27-18-7-6-17(26)12-21(18)35-25)23(31)14-29-13-16(11-22(29)30)15-5-8-19(32-2)20(10-15)34-24-4-3-9-33-24/h5-8,10,12,16,24H,3-4,9,11,13-14H2,1-2H3. The Morgan fingerprint density at radius 2 is 2.14 bits per heavy atom. The number of nitrogens with zero attached hydrogens (tertiary/aromatic N) is 3. The molecule has 8 nitrogen and oxygen atoms in total. The molecule has 2 aromatic carbocycles. The van der Waals surface area contributed by atoms with Crippen molar-refractivity contribution >= 4 is 38.5 Å². The minimum Gasteiger partial charge on any atom is -0.493 e. The molecule has 184 valence electrons. The number of carbonyl (C=O) groups is 2. The molecule has 35 heavy (non-hydrogen) atoms. The molecule has 0 radical (unpaired) electrons. The van der Waals surface area contributed by atoms with Crippen molar-refractivity contribution in [1.82, 2.24) is 9.88 Å². The number of methoxy groups -OCH3 is 1. The van der Waals surface area contributed by atoms with Crippen molar-refractivity contribution < 1.29 is 28.2 Å². The number of ether oxygens (including phenoxy) is 3. The monoisotopic (exact) mass is 499 g/mol. The van der Waals surface area contributed by atoms with Gasteiger partial charge in [0.2, 0.25) is 11.8 Å². The first kappa shape index (κ1) is 23.5. The number of amides is 2. The van der Waals surface area contributed by atoms with Crippen molar-refractivity contribution in [2.24, 2.45) is 0 Å². The Balaban J connectivity index is 1.26. The van der Waals surface area contributed by atoms with Crippen molar-refractivity contribution in [3.63, 3.8) is 0 Å². The van der Waals surface area contributed by atoms with E-state index in [0.717, 1.165) is 18.4 Å². The fourth-order valence-electron chi connectivity index (χ4n) is 4.38. The molecular weight excluding hydrogens is 473 g/mol. The molecule has 2 aliphatic heterocycles. The van der Waals surface area contributed by atoms with E-state index in [0.29, 0.717) is 46.4 Å². The molecule has 2 saturated heterocycles. The Labute approximate surface area is 206 Å². The summed E-state index contributed by atoms with van der Waals surface area (Å²) in [6.07, 6.45) is 1.79. The van der Waals surface area contributed by atoms with Crippen LogP contribution in [0, 0.1) is 5.82 Å². The van der Waals surface area contributed by atoms with Crippen molar-refractivity contribution in [2.45, 2.75) is 31.5 Å². The number of aromatic nitrogens is 1. The number of likely N-dealkylation sites (N-methyl/N-ethyl adjacent to an activating group) is 1. The van der Waals surface area contributed by atoms with Crippen LogP contribution >= 0.6 is 11.3 Å². The Morgan fingerprint density at radius 3 is 2.91 bits per heavy atom. The van der Waals surface area contributed by atoms with Gasteiger partial charge in [0, 0.05) is 32.4 Å². The van der Waals surface area contributed by atoms with Crippen LogP contribution < -0.4 is 14.4 Å². The molecule has 0 bridgehead atoms. The number of hydrogen-bond acceptors (Lipinski definition) is 7. The van der Waals surface area contributed by atoms with Crippen LogP contribution in [0.2, 0.25) is 0 Å². The maximum absolute atomic E-state index is 13.5. The summed E-state index contributed by atoms with van der Waals surface area (Å²) in [6.45, 7) is 1.05. The average molecular weight is 500 g/mol. The van der Waals surface area contributed by atoms with E-state index in [-0.39, 0.29) is 36.4 Å². The molecule has 3 heterocycles. The summed E-state index contributed by atoms with van der Waals surface area (Å²) in [5, 5.41) is 0.463. The Kier molecular flexibility index (Phi) is 6.57. The van der Waals surface area contributed by atoms with Crippen LogP contribution in [0.4, 0.5) is 9.52 Å². The summed E-state index contributed by atoms with van der Waals surface area (Å²) < 4.78 is 31.2. The third kappa shape index (κ3) is 4.94. The first-order valence-electron chi connectivity index (χ1n) is 11.5. The van der Waals surface area contributed by atoms with Crippen LogP contribution in [-0.4, -0.2) is 61.8 Å². The zero-order valence-corrected chi connectivity index (χ0v) is 20.3. The van der Waals surface area contributed by atoms with Gasteiger partial charge in [-0.2, -0.15) is 0 Å². The van der Waals surface area contributed by atoms with Gasteiger partial charge in [-0.1, -0.05) is 17.4 Å². The molecule has 3 aromatic rings. The van der Waals surface area contributed by atoms with Gasteiger partial charge < -0.3 is 19.1 Å². The number of rotatable bonds is 7. The van der Waals surface area contributed by atoms with E-state index in [1.807, 2.05) is 18.2 Å². The number of anilines is 1. The Morgan fingerprint density at radius 1 is 1.29 bits per heavy atom. The number of likely N-dealkylation sites (tertiary alicyclic amines) is 1. The van der Waals surface area contributed by atoms with Crippen molar-refractivity contribution in [3.8, 4) is 11.5 Å². The highest BCUT2D eigenvalue weighted by molar-refractivity contribution is 7.22. The van der Waals surface area contributed by atoms with Crippen molar-refractivity contribution in [2.75, 3.05) is 38.8 Å². The Bertz CT molecular complexity index is 1260. The van der Waals surface area contributed by atoms with Crippen LogP contribution in [0.5, 0.6) is 11.5 Å². The summed E-state index contributed by atoms with van der Waals surface area (Å²) in [5.74, 6) is 0.446. The molecule has 5 rings (SSSR count). The van der Waals surface area contributed by atoms with E-state index in [9.17, 15) is 14.0 Å². The SMILES string of the molecule is COc1ccc(C2CC(=O)N(CC(=O)N(C)c3nc4ccc(F)cc4s3)C2)cc1OC1CCCO1. The highest BCUT2D eigenvalue weighted by atomic mass is 32.1. The lowest BCUT2D eigenvalue weighted by Gasteiger charge is -2.21. The van der Waals surface area contributed by atoms with Gasteiger partial charge in [-0.05, 0) is 42.3 Å². The molecule has 2 amide bonds. The van der Waals surface area contributed by atoms with Gasteiger partial charge >= 0.3 is 0 Å². The number of carbonyl (C=O) groups excluding carboxylic acids is 2. The maximum atomic E-state index is 13.5. The van der Waals surface area contributed by atoms with Gasteiger partial charge in [0.1, 0.15) is 12.4 Å². The molecular formula is C25H26FN3O5S. The van der Waals surface area contributed by atoms with E-state index in [1.54, 1.807) is 25.1 Å². The summed E-state index contributed by atoms with van der Waals surface area (Å²) >= 11 is 1.24. The highest BCUT2D eigenvalue weighted by Crippen LogP contribution is 2.36. The largest absolute Gasteiger partial charge is 0.493 e. The fraction of sp³-hybridized carbons (Fsp3) is 0.400. The van der Waals surface area contributed by atoms with Crippen LogP contribution in [0.15, 0.2) is 36.4 Å². The lowest BCUT2D eigenvalue weighted by Crippen LogP contribution is -2.39. The minimum absolute atomic E-state index is 0.0501. The first-order valence-corrected chi connectivity index (χ1v) is 12.3. The van der Waals surface area contributed by atoms with Gasteiger partial charge in [-0.15, -0.1) is 0 Å². The predicted octanol–water partition coefficient (Wildman–Crippen LogP) is 3.94. The maximum Gasteiger partial charge on any atom is 0.248 e. The van der Waals surface area contributed by atoms with Crippen LogP contribution in [-0.2, 0) is 14.3 Å². The minimum atomic E-state index is -0.349. The van der Waals surface area contributed by atoms with Crippen LogP contribution in [0.3, 0.4) is 0 Å². The van der Waals surface area contributed by atoms with Gasteiger partial charge in [0.25, 0.3) is 0 Å². The third-order valence-electron chi connectivity index (χ3n) is 6.35. The van der Waals surface area contributed by atoms with Crippen molar-refractivity contribution in [1.29, 1.82) is 0 Å². The van der Waals surface area contributed by atoms with E-state index >= 15 is 0 Å². The zero-order valence-electron chi connectivity index (χ0n) is 19.5. The van der Waals surface area contributed by atoms with E-state index in [4.69, 9.17) is 14.2 Å². The summed E-state index contributed by atoms with van der Waals surface area (Å²) in [6, 6.07) is 9.99. The molecule has 2 fully saturated rings. The highest BCUT2D eigenvalue weighted by Gasteiger charge is 2.33. The molecule has 0 N–H and O–H groups in total. The summed E-state index contributed by atoms with van der Waals surface area (Å²) in [4.78, 5) is 33.1. The quantitative estimate of drug-likeness (QED) is 0.490. The molecule has 2 atom stereocenters. The number of benzene rings is 2. The van der Waals surface area contributed by atoms with Crippen LogP contribution in [0.1, 0.15) is 30.7 Å². The normalized spacial score (nSPS) is 20.0. The predicted molar refractivity (Wildman–Crippen MR) is 130 cm³/mol. The lowest BCUT2D eigenvalue weighted by molar-refractivity contribution is -0.132. The molecule has 10 heteroatoms. The fourth-order valence-corrected chi connectivity index (χ4v) is 5.35. The molecule has 1 aromatic heterocycles. The molecule has 0 spiro atoms. The van der Waals surface area contributed by atoms with E-state index in [1.165, 1.54) is 28.4 Å². The lowest BCUT2D eigenvalue weighted by atomic mass is 9.98. The van der Waals surface area contributed by atoms with Gasteiger partial charge in [0.05, 0.1) is 23.9 Å². The first-order chi connectivity index (χ1) is 16.9.